The highest BCUT2D eigenvalue weighted by Gasteiger charge is 2.17. The molecule has 8 heteroatoms. The number of anilines is 2. The highest BCUT2D eigenvalue weighted by atomic mass is 32.2. The van der Waals surface area contributed by atoms with Crippen LogP contribution in [0, 0.1) is 6.92 Å². The number of hydrogen-bond acceptors (Lipinski definition) is 7. The summed E-state index contributed by atoms with van der Waals surface area (Å²) in [6.07, 6.45) is 1.76. The zero-order chi connectivity index (χ0) is 18.9. The molecule has 1 atom stereocenters. The van der Waals surface area contributed by atoms with Crippen molar-refractivity contribution in [1.82, 2.24) is 15.5 Å². The summed E-state index contributed by atoms with van der Waals surface area (Å²) in [7, 11) is 1.65. The van der Waals surface area contributed by atoms with Crippen LogP contribution in [0.5, 0.6) is 0 Å². The largest absolute Gasteiger partial charge is 0.385 e. The smallest absolute Gasteiger partial charge is 0.233 e. The van der Waals surface area contributed by atoms with Crippen LogP contribution in [0.4, 0.5) is 10.8 Å². The minimum absolute atomic E-state index is 0.00276. The number of thioether (sulfide) groups is 1. The summed E-state index contributed by atoms with van der Waals surface area (Å²) in [5.41, 5.74) is 3.52. The molecule has 0 aliphatic heterocycles. The highest BCUT2D eigenvalue weighted by molar-refractivity contribution is 8.02. The molecule has 0 fully saturated rings. The third-order valence-electron chi connectivity index (χ3n) is 3.85. The first-order valence-electron chi connectivity index (χ1n) is 8.67. The number of aromatic nitrogens is 2. The molecule has 1 amide bonds. The molecular weight excluding hydrogens is 368 g/mol. The average molecular weight is 395 g/mol. The lowest BCUT2D eigenvalue weighted by Crippen LogP contribution is -2.32. The Bertz CT molecular complexity index is 721. The number of aryl methyl sites for hydroxylation is 2. The molecule has 1 aromatic carbocycles. The summed E-state index contributed by atoms with van der Waals surface area (Å²) in [4.78, 5) is 12.1. The molecule has 1 unspecified atom stereocenters. The molecule has 1 aromatic heterocycles. The number of para-hydroxylation sites is 1. The van der Waals surface area contributed by atoms with Gasteiger partial charge in [-0.25, -0.2) is 0 Å². The van der Waals surface area contributed by atoms with E-state index in [1.54, 1.807) is 7.11 Å². The third kappa shape index (κ3) is 5.96. The van der Waals surface area contributed by atoms with Gasteiger partial charge in [0.1, 0.15) is 0 Å². The van der Waals surface area contributed by atoms with E-state index < -0.39 is 0 Å². The summed E-state index contributed by atoms with van der Waals surface area (Å²) < 4.78 is 5.75. The Morgan fingerprint density at radius 2 is 2.19 bits per heavy atom. The van der Waals surface area contributed by atoms with Gasteiger partial charge in [0, 0.05) is 25.9 Å². The standard InChI is InChI=1S/C18H26N4O2S2/c1-5-14-9-6-8-12(2)15(14)20-17-21-22-18(26-17)25-13(3)16(23)19-10-7-11-24-4/h6,8-9,13H,5,7,10-11H2,1-4H3,(H,19,23)(H,20,21). The van der Waals surface area contributed by atoms with E-state index >= 15 is 0 Å². The van der Waals surface area contributed by atoms with Crippen LogP contribution in [0.3, 0.4) is 0 Å². The number of nitrogens with one attached hydrogen (secondary N) is 2. The average Bonchev–Trinajstić information content (AvgIpc) is 3.07. The number of carbonyl (C=O) groups is 1. The van der Waals surface area contributed by atoms with E-state index in [1.165, 1.54) is 34.2 Å². The van der Waals surface area contributed by atoms with Gasteiger partial charge in [0.05, 0.1) is 5.25 Å². The number of rotatable bonds is 10. The second-order valence-electron chi connectivity index (χ2n) is 5.86. The lowest BCUT2D eigenvalue weighted by molar-refractivity contribution is -0.120. The van der Waals surface area contributed by atoms with Crippen molar-refractivity contribution < 1.29 is 9.53 Å². The van der Waals surface area contributed by atoms with Gasteiger partial charge in [-0.1, -0.05) is 48.2 Å². The zero-order valence-electron chi connectivity index (χ0n) is 15.7. The van der Waals surface area contributed by atoms with Crippen molar-refractivity contribution in [3.8, 4) is 0 Å². The number of nitrogens with zero attached hydrogens (tertiary/aromatic N) is 2. The van der Waals surface area contributed by atoms with E-state index in [9.17, 15) is 4.79 Å². The number of methoxy groups -OCH3 is 1. The molecule has 26 heavy (non-hydrogen) atoms. The molecule has 0 saturated carbocycles. The van der Waals surface area contributed by atoms with Crippen molar-refractivity contribution in [2.45, 2.75) is 43.2 Å². The molecule has 0 aliphatic rings. The van der Waals surface area contributed by atoms with Crippen LogP contribution in [-0.4, -0.2) is 41.6 Å². The zero-order valence-corrected chi connectivity index (χ0v) is 17.3. The lowest BCUT2D eigenvalue weighted by atomic mass is 10.1. The molecule has 0 bridgehead atoms. The van der Waals surface area contributed by atoms with Gasteiger partial charge in [-0.2, -0.15) is 0 Å². The molecule has 0 saturated heterocycles. The first-order chi connectivity index (χ1) is 12.5. The Morgan fingerprint density at radius 1 is 1.38 bits per heavy atom. The van der Waals surface area contributed by atoms with Crippen molar-refractivity contribution in [1.29, 1.82) is 0 Å². The fraction of sp³-hybridized carbons (Fsp3) is 0.500. The first kappa shape index (κ1) is 20.7. The number of benzene rings is 1. The molecule has 0 radical (unpaired) electrons. The fourth-order valence-electron chi connectivity index (χ4n) is 2.39. The van der Waals surface area contributed by atoms with E-state index in [2.05, 4.69) is 52.9 Å². The van der Waals surface area contributed by atoms with Crippen molar-refractivity contribution in [2.75, 3.05) is 25.6 Å². The van der Waals surface area contributed by atoms with Gasteiger partial charge in [0.2, 0.25) is 11.0 Å². The maximum atomic E-state index is 12.1. The van der Waals surface area contributed by atoms with Crippen molar-refractivity contribution >= 4 is 39.8 Å². The molecule has 2 rings (SSSR count). The Kier molecular flexibility index (Phi) is 8.34. The van der Waals surface area contributed by atoms with E-state index in [1.807, 2.05) is 6.92 Å². The van der Waals surface area contributed by atoms with Gasteiger partial charge in [-0.05, 0) is 37.8 Å². The van der Waals surface area contributed by atoms with Crippen LogP contribution in [-0.2, 0) is 16.0 Å². The summed E-state index contributed by atoms with van der Waals surface area (Å²) in [5, 5.41) is 15.2. The van der Waals surface area contributed by atoms with E-state index in [-0.39, 0.29) is 11.2 Å². The van der Waals surface area contributed by atoms with Crippen LogP contribution in [0.1, 0.15) is 31.4 Å². The molecule has 2 aromatic rings. The molecule has 0 aliphatic carbocycles. The summed E-state index contributed by atoms with van der Waals surface area (Å²) in [5.74, 6) is 0.00276. The Hall–Kier alpha value is -1.64. The van der Waals surface area contributed by atoms with E-state index in [0.717, 1.165) is 28.0 Å². The van der Waals surface area contributed by atoms with Gasteiger partial charge in [-0.15, -0.1) is 10.2 Å². The van der Waals surface area contributed by atoms with Crippen LogP contribution in [0.25, 0.3) is 0 Å². The highest BCUT2D eigenvalue weighted by Crippen LogP contribution is 2.32. The van der Waals surface area contributed by atoms with Gasteiger partial charge in [0.15, 0.2) is 4.34 Å². The molecule has 2 N–H and O–H groups in total. The Labute approximate surface area is 163 Å². The van der Waals surface area contributed by atoms with Crippen LogP contribution in [0.2, 0.25) is 0 Å². The SMILES string of the molecule is CCc1cccc(C)c1Nc1nnc(SC(C)C(=O)NCCCOC)s1. The van der Waals surface area contributed by atoms with Gasteiger partial charge in [0.25, 0.3) is 0 Å². The van der Waals surface area contributed by atoms with Gasteiger partial charge >= 0.3 is 0 Å². The number of carbonyl (C=O) groups excluding carboxylic acids is 1. The summed E-state index contributed by atoms with van der Waals surface area (Å²) >= 11 is 2.89. The first-order valence-corrected chi connectivity index (χ1v) is 10.4. The summed E-state index contributed by atoms with van der Waals surface area (Å²) in [6.45, 7) is 7.35. The minimum atomic E-state index is -0.219. The lowest BCUT2D eigenvalue weighted by Gasteiger charge is -2.11. The normalized spacial score (nSPS) is 12.0. The van der Waals surface area contributed by atoms with Gasteiger partial charge < -0.3 is 15.4 Å². The molecule has 1 heterocycles. The van der Waals surface area contributed by atoms with Crippen molar-refractivity contribution in [3.63, 3.8) is 0 Å². The van der Waals surface area contributed by atoms with Gasteiger partial charge in [-0.3, -0.25) is 4.79 Å². The molecule has 0 spiro atoms. The number of amides is 1. The van der Waals surface area contributed by atoms with Crippen molar-refractivity contribution in [3.05, 3.63) is 29.3 Å². The monoisotopic (exact) mass is 394 g/mol. The Balaban J connectivity index is 1.92. The van der Waals surface area contributed by atoms with E-state index in [4.69, 9.17) is 4.74 Å². The maximum absolute atomic E-state index is 12.1. The number of ether oxygens (including phenoxy) is 1. The minimum Gasteiger partial charge on any atom is -0.385 e. The molecule has 6 nitrogen and oxygen atoms in total. The Morgan fingerprint density at radius 3 is 2.92 bits per heavy atom. The predicted molar refractivity (Wildman–Crippen MR) is 109 cm³/mol. The quantitative estimate of drug-likeness (QED) is 0.472. The molecule has 142 valence electrons. The van der Waals surface area contributed by atoms with E-state index in [0.29, 0.717) is 13.2 Å². The number of hydrogen-bond donors (Lipinski definition) is 2. The third-order valence-corrected chi connectivity index (χ3v) is 5.87. The predicted octanol–water partition coefficient (Wildman–Crippen LogP) is 3.79. The maximum Gasteiger partial charge on any atom is 0.233 e. The second-order valence-corrected chi connectivity index (χ2v) is 8.42. The topological polar surface area (TPSA) is 76.1 Å². The molecular formula is C18H26N4O2S2. The van der Waals surface area contributed by atoms with Crippen LogP contribution in [0.15, 0.2) is 22.5 Å². The second kappa shape index (κ2) is 10.5. The van der Waals surface area contributed by atoms with Crippen LogP contribution < -0.4 is 10.6 Å². The van der Waals surface area contributed by atoms with Crippen molar-refractivity contribution in [2.24, 2.45) is 0 Å². The summed E-state index contributed by atoms with van der Waals surface area (Å²) in [6, 6.07) is 6.25. The van der Waals surface area contributed by atoms with Crippen LogP contribution >= 0.6 is 23.1 Å². The fourth-order valence-corrected chi connectivity index (χ4v) is 4.32.